The molecule has 0 amide bonds. The van der Waals surface area contributed by atoms with Gasteiger partial charge in [-0.15, -0.1) is 0 Å². The molecular formula is C11H18BrNO. The maximum absolute atomic E-state index is 5.08. The van der Waals surface area contributed by atoms with E-state index >= 15 is 0 Å². The number of nitrogens with zero attached hydrogens (tertiary/aromatic N) is 1. The van der Waals surface area contributed by atoms with Crippen LogP contribution in [0.25, 0.3) is 0 Å². The second kappa shape index (κ2) is 6.23. The third-order valence-electron chi connectivity index (χ3n) is 2.37. The first-order valence-electron chi connectivity index (χ1n) is 5.36. The fraction of sp³-hybridized carbons (Fsp3) is 0.727. The molecule has 1 aromatic rings. The second-order valence-corrected chi connectivity index (χ2v) is 4.46. The summed E-state index contributed by atoms with van der Waals surface area (Å²) in [7, 11) is 0. The number of hydrogen-bond acceptors (Lipinski definition) is 2. The molecule has 3 heteroatoms. The van der Waals surface area contributed by atoms with Crippen LogP contribution in [-0.4, -0.2) is 5.16 Å². The van der Waals surface area contributed by atoms with Crippen molar-refractivity contribution in [1.82, 2.24) is 5.16 Å². The summed E-state index contributed by atoms with van der Waals surface area (Å²) in [6.45, 7) is 4.16. The molecule has 0 bridgehead atoms. The standard InChI is InChI=1S/C11H18BrNO/c1-3-4-5-6-7-8-10-11(12)9(2)14-13-10/h3-8H2,1-2H3. The summed E-state index contributed by atoms with van der Waals surface area (Å²) in [5.41, 5.74) is 1.07. The van der Waals surface area contributed by atoms with Gasteiger partial charge in [0.25, 0.3) is 0 Å². The van der Waals surface area contributed by atoms with Gasteiger partial charge in [-0.05, 0) is 35.7 Å². The average molecular weight is 260 g/mol. The van der Waals surface area contributed by atoms with Crippen molar-refractivity contribution in [3.05, 3.63) is 15.9 Å². The summed E-state index contributed by atoms with van der Waals surface area (Å²) >= 11 is 3.48. The van der Waals surface area contributed by atoms with Crippen molar-refractivity contribution in [3.8, 4) is 0 Å². The minimum atomic E-state index is 0.883. The SMILES string of the molecule is CCCCCCCc1noc(C)c1Br. The van der Waals surface area contributed by atoms with Crippen molar-refractivity contribution in [1.29, 1.82) is 0 Å². The number of aryl methyl sites for hydroxylation is 2. The Morgan fingerprint density at radius 1 is 1.21 bits per heavy atom. The van der Waals surface area contributed by atoms with Crippen molar-refractivity contribution in [2.24, 2.45) is 0 Å². The largest absolute Gasteiger partial charge is 0.360 e. The Morgan fingerprint density at radius 2 is 1.93 bits per heavy atom. The fourth-order valence-electron chi connectivity index (χ4n) is 1.46. The average Bonchev–Trinajstić information content (AvgIpc) is 2.49. The quantitative estimate of drug-likeness (QED) is 0.714. The van der Waals surface area contributed by atoms with Crippen molar-refractivity contribution in [2.75, 3.05) is 0 Å². The van der Waals surface area contributed by atoms with E-state index < -0.39 is 0 Å². The zero-order valence-corrected chi connectivity index (χ0v) is 10.6. The van der Waals surface area contributed by atoms with E-state index in [0.717, 1.165) is 22.3 Å². The van der Waals surface area contributed by atoms with Crippen molar-refractivity contribution < 1.29 is 4.52 Å². The molecule has 2 nitrogen and oxygen atoms in total. The van der Waals surface area contributed by atoms with Crippen molar-refractivity contribution in [3.63, 3.8) is 0 Å². The van der Waals surface area contributed by atoms with Crippen LogP contribution in [0.1, 0.15) is 50.5 Å². The highest BCUT2D eigenvalue weighted by Crippen LogP contribution is 2.22. The summed E-state index contributed by atoms with van der Waals surface area (Å²) in [6.07, 6.45) is 7.52. The van der Waals surface area contributed by atoms with Gasteiger partial charge in [-0.1, -0.05) is 37.8 Å². The maximum atomic E-state index is 5.08. The van der Waals surface area contributed by atoms with Gasteiger partial charge in [0, 0.05) is 0 Å². The summed E-state index contributed by atoms with van der Waals surface area (Å²) in [6, 6.07) is 0. The lowest BCUT2D eigenvalue weighted by Crippen LogP contribution is -1.87. The molecule has 80 valence electrons. The normalized spacial score (nSPS) is 10.8. The molecule has 0 aliphatic carbocycles. The third-order valence-corrected chi connectivity index (χ3v) is 3.39. The Hall–Kier alpha value is -0.310. The van der Waals surface area contributed by atoms with Gasteiger partial charge in [-0.25, -0.2) is 0 Å². The van der Waals surface area contributed by atoms with E-state index in [1.54, 1.807) is 0 Å². The zero-order chi connectivity index (χ0) is 10.4. The van der Waals surface area contributed by atoms with Crippen molar-refractivity contribution in [2.45, 2.75) is 52.4 Å². The van der Waals surface area contributed by atoms with E-state index in [2.05, 4.69) is 28.0 Å². The minimum absolute atomic E-state index is 0.883. The van der Waals surface area contributed by atoms with Crippen molar-refractivity contribution >= 4 is 15.9 Å². The van der Waals surface area contributed by atoms with Crippen LogP contribution in [-0.2, 0) is 6.42 Å². The molecule has 0 aliphatic rings. The summed E-state index contributed by atoms with van der Waals surface area (Å²) in [5.74, 6) is 0.883. The summed E-state index contributed by atoms with van der Waals surface area (Å²) < 4.78 is 6.13. The van der Waals surface area contributed by atoms with E-state index in [1.807, 2.05) is 6.92 Å². The van der Waals surface area contributed by atoms with Gasteiger partial charge in [-0.3, -0.25) is 0 Å². The van der Waals surface area contributed by atoms with Crippen LogP contribution < -0.4 is 0 Å². The molecule has 0 aliphatic heterocycles. The maximum Gasteiger partial charge on any atom is 0.148 e. The predicted molar refractivity (Wildman–Crippen MR) is 61.4 cm³/mol. The van der Waals surface area contributed by atoms with Crippen LogP contribution >= 0.6 is 15.9 Å². The Bertz CT molecular complexity index is 270. The minimum Gasteiger partial charge on any atom is -0.360 e. The monoisotopic (exact) mass is 259 g/mol. The summed E-state index contributed by atoms with van der Waals surface area (Å²) in [5, 5.41) is 4.01. The lowest BCUT2D eigenvalue weighted by Gasteiger charge is -1.97. The summed E-state index contributed by atoms with van der Waals surface area (Å²) in [4.78, 5) is 0. The molecule has 0 saturated heterocycles. The number of unbranched alkanes of at least 4 members (excludes halogenated alkanes) is 4. The van der Waals surface area contributed by atoms with Gasteiger partial charge in [0.2, 0.25) is 0 Å². The molecule has 0 spiro atoms. The number of halogens is 1. The molecule has 0 atom stereocenters. The molecule has 0 radical (unpaired) electrons. The highest BCUT2D eigenvalue weighted by Gasteiger charge is 2.08. The van der Waals surface area contributed by atoms with Crippen LogP contribution in [0.4, 0.5) is 0 Å². The van der Waals surface area contributed by atoms with Gasteiger partial charge in [0.05, 0.1) is 10.2 Å². The first-order chi connectivity index (χ1) is 6.75. The van der Waals surface area contributed by atoms with Gasteiger partial charge in [-0.2, -0.15) is 0 Å². The second-order valence-electron chi connectivity index (χ2n) is 3.66. The lowest BCUT2D eigenvalue weighted by atomic mass is 10.1. The van der Waals surface area contributed by atoms with Crippen LogP contribution in [0.15, 0.2) is 9.00 Å². The van der Waals surface area contributed by atoms with E-state index in [4.69, 9.17) is 4.52 Å². The Labute approximate surface area is 94.2 Å². The van der Waals surface area contributed by atoms with Crippen LogP contribution in [0.2, 0.25) is 0 Å². The zero-order valence-electron chi connectivity index (χ0n) is 8.98. The molecule has 0 fully saturated rings. The first-order valence-corrected chi connectivity index (χ1v) is 6.15. The van der Waals surface area contributed by atoms with Crippen LogP contribution in [0.5, 0.6) is 0 Å². The molecule has 0 unspecified atom stereocenters. The third kappa shape index (κ3) is 3.45. The Morgan fingerprint density at radius 3 is 2.50 bits per heavy atom. The van der Waals surface area contributed by atoms with Crippen LogP contribution in [0, 0.1) is 6.92 Å². The molecule has 0 N–H and O–H groups in total. The first kappa shape index (κ1) is 11.8. The Balaban J connectivity index is 2.21. The molecule has 1 rings (SSSR count). The van der Waals surface area contributed by atoms with Gasteiger partial charge >= 0.3 is 0 Å². The number of aromatic nitrogens is 1. The van der Waals surface area contributed by atoms with E-state index in [-0.39, 0.29) is 0 Å². The highest BCUT2D eigenvalue weighted by atomic mass is 79.9. The van der Waals surface area contributed by atoms with E-state index in [0.29, 0.717) is 0 Å². The smallest absolute Gasteiger partial charge is 0.148 e. The van der Waals surface area contributed by atoms with Gasteiger partial charge < -0.3 is 4.52 Å². The van der Waals surface area contributed by atoms with E-state index in [9.17, 15) is 0 Å². The topological polar surface area (TPSA) is 26.0 Å². The number of hydrogen-bond donors (Lipinski definition) is 0. The van der Waals surface area contributed by atoms with Crippen LogP contribution in [0.3, 0.4) is 0 Å². The fourth-order valence-corrected chi connectivity index (χ4v) is 1.80. The Kier molecular flexibility index (Phi) is 5.23. The van der Waals surface area contributed by atoms with Gasteiger partial charge in [0.15, 0.2) is 0 Å². The van der Waals surface area contributed by atoms with E-state index in [1.165, 1.54) is 32.1 Å². The predicted octanol–water partition coefficient (Wildman–Crippen LogP) is 4.26. The highest BCUT2D eigenvalue weighted by molar-refractivity contribution is 9.10. The molecular weight excluding hydrogens is 242 g/mol. The molecule has 14 heavy (non-hydrogen) atoms. The van der Waals surface area contributed by atoms with Gasteiger partial charge in [0.1, 0.15) is 5.76 Å². The molecule has 0 saturated carbocycles. The lowest BCUT2D eigenvalue weighted by molar-refractivity contribution is 0.389. The number of rotatable bonds is 6. The molecule has 1 heterocycles. The molecule has 1 aromatic heterocycles. The molecule has 0 aromatic carbocycles.